The van der Waals surface area contributed by atoms with E-state index in [0.29, 0.717) is 0 Å². The topological polar surface area (TPSA) is 23.5 Å². The first-order chi connectivity index (χ1) is 8.22. The molecule has 94 valence electrons. The summed E-state index contributed by atoms with van der Waals surface area (Å²) in [7, 11) is 0. The van der Waals surface area contributed by atoms with Crippen molar-refractivity contribution in [2.75, 3.05) is 18.0 Å². The number of anilines is 1. The molecule has 0 radical (unpaired) electrons. The van der Waals surface area contributed by atoms with Crippen molar-refractivity contribution >= 4 is 5.69 Å². The summed E-state index contributed by atoms with van der Waals surface area (Å²) in [5, 5.41) is 9.74. The van der Waals surface area contributed by atoms with Crippen LogP contribution in [0.25, 0.3) is 0 Å². The maximum Gasteiger partial charge on any atom is 0.0787 e. The molecule has 0 aliphatic heterocycles. The zero-order valence-electron chi connectivity index (χ0n) is 10.9. The van der Waals surface area contributed by atoms with Crippen LogP contribution in [0.15, 0.2) is 36.9 Å². The van der Waals surface area contributed by atoms with Gasteiger partial charge in [-0.3, -0.25) is 0 Å². The van der Waals surface area contributed by atoms with Crippen LogP contribution in [0.4, 0.5) is 5.69 Å². The van der Waals surface area contributed by atoms with Crippen LogP contribution in [0.5, 0.6) is 0 Å². The third kappa shape index (κ3) is 3.90. The van der Waals surface area contributed by atoms with Gasteiger partial charge in [0.2, 0.25) is 0 Å². The summed E-state index contributed by atoms with van der Waals surface area (Å²) in [6, 6.07) is 8.17. The Kier molecular flexibility index (Phi) is 5.78. The third-order valence-electron chi connectivity index (χ3n) is 2.87. The van der Waals surface area contributed by atoms with E-state index < -0.39 is 0 Å². The van der Waals surface area contributed by atoms with Crippen molar-refractivity contribution in [3.63, 3.8) is 0 Å². The molecule has 1 N–H and O–H groups in total. The Morgan fingerprint density at radius 3 is 2.41 bits per heavy atom. The normalized spacial score (nSPS) is 12.2. The molecular formula is C15H23NO. The maximum atomic E-state index is 9.74. The van der Waals surface area contributed by atoms with E-state index in [-0.39, 0.29) is 6.10 Å². The van der Waals surface area contributed by atoms with E-state index in [4.69, 9.17) is 0 Å². The molecule has 0 amide bonds. The van der Waals surface area contributed by atoms with E-state index in [1.165, 1.54) is 5.69 Å². The third-order valence-corrected chi connectivity index (χ3v) is 2.87. The van der Waals surface area contributed by atoms with Crippen molar-refractivity contribution in [1.82, 2.24) is 0 Å². The van der Waals surface area contributed by atoms with Crippen LogP contribution >= 0.6 is 0 Å². The van der Waals surface area contributed by atoms with Crippen LogP contribution in [0.2, 0.25) is 0 Å². The first-order valence-corrected chi connectivity index (χ1v) is 6.36. The molecule has 2 heteroatoms. The van der Waals surface area contributed by atoms with Crippen molar-refractivity contribution in [1.29, 1.82) is 0 Å². The molecule has 17 heavy (non-hydrogen) atoms. The summed E-state index contributed by atoms with van der Waals surface area (Å²) in [5.41, 5.74) is 2.19. The van der Waals surface area contributed by atoms with Crippen molar-refractivity contribution in [3.8, 4) is 0 Å². The molecule has 0 unspecified atom stereocenters. The highest BCUT2D eigenvalue weighted by molar-refractivity contribution is 5.48. The van der Waals surface area contributed by atoms with Gasteiger partial charge in [0.15, 0.2) is 0 Å². The molecule has 0 aromatic heterocycles. The van der Waals surface area contributed by atoms with Crippen LogP contribution in [0.1, 0.15) is 38.4 Å². The van der Waals surface area contributed by atoms with Gasteiger partial charge >= 0.3 is 0 Å². The van der Waals surface area contributed by atoms with E-state index in [1.807, 2.05) is 25.1 Å². The fraction of sp³-hybridized carbons (Fsp3) is 0.467. The summed E-state index contributed by atoms with van der Waals surface area (Å²) >= 11 is 0. The molecule has 1 aromatic rings. The molecule has 0 aliphatic carbocycles. The van der Waals surface area contributed by atoms with Crippen molar-refractivity contribution in [2.45, 2.75) is 32.8 Å². The minimum absolute atomic E-state index is 0.344. The van der Waals surface area contributed by atoms with E-state index in [0.717, 1.165) is 31.5 Å². The van der Waals surface area contributed by atoms with Gasteiger partial charge in [0.1, 0.15) is 0 Å². The summed E-state index contributed by atoms with van der Waals surface area (Å²) in [6.07, 6.45) is 3.45. The Balaban J connectivity index is 2.79. The minimum Gasteiger partial charge on any atom is -0.388 e. The van der Waals surface area contributed by atoms with Crippen molar-refractivity contribution < 1.29 is 5.11 Å². The largest absolute Gasteiger partial charge is 0.388 e. The first-order valence-electron chi connectivity index (χ1n) is 6.36. The van der Waals surface area contributed by atoms with Gasteiger partial charge in [0.25, 0.3) is 0 Å². The Bertz CT molecular complexity index is 331. The number of hydrogen-bond donors (Lipinski definition) is 1. The molecular weight excluding hydrogens is 210 g/mol. The maximum absolute atomic E-state index is 9.74. The highest BCUT2D eigenvalue weighted by atomic mass is 16.3. The van der Waals surface area contributed by atoms with Gasteiger partial charge in [-0.1, -0.05) is 32.1 Å². The Morgan fingerprint density at radius 2 is 1.94 bits per heavy atom. The van der Waals surface area contributed by atoms with Gasteiger partial charge in [0, 0.05) is 18.8 Å². The minimum atomic E-state index is -0.344. The predicted molar refractivity (Wildman–Crippen MR) is 74.4 cm³/mol. The van der Waals surface area contributed by atoms with Gasteiger partial charge in [-0.25, -0.2) is 0 Å². The molecule has 0 bridgehead atoms. The summed E-state index contributed by atoms with van der Waals surface area (Å²) in [5.74, 6) is 0. The monoisotopic (exact) mass is 233 g/mol. The first kappa shape index (κ1) is 13.8. The number of aliphatic hydroxyl groups is 1. The van der Waals surface area contributed by atoms with E-state index in [2.05, 4.69) is 30.5 Å². The SMILES string of the molecule is C=CCN(CCC)c1ccc([C@H](O)CC)cc1. The van der Waals surface area contributed by atoms with Gasteiger partial charge in [-0.2, -0.15) is 0 Å². The van der Waals surface area contributed by atoms with E-state index in [9.17, 15) is 5.11 Å². The molecule has 0 saturated carbocycles. The molecule has 0 spiro atoms. The lowest BCUT2D eigenvalue weighted by molar-refractivity contribution is 0.173. The van der Waals surface area contributed by atoms with Crippen LogP contribution in [0, 0.1) is 0 Å². The average Bonchev–Trinajstić information content (AvgIpc) is 2.38. The molecule has 0 saturated heterocycles. The number of nitrogens with zero attached hydrogens (tertiary/aromatic N) is 1. The Labute approximate surface area is 105 Å². The standard InChI is InChI=1S/C15H23NO/c1-4-11-16(12-5-2)14-9-7-13(8-10-14)15(17)6-3/h4,7-10,15,17H,1,5-6,11-12H2,2-3H3/t15-/m1/s1. The molecule has 2 nitrogen and oxygen atoms in total. The van der Waals surface area contributed by atoms with Crippen LogP contribution in [0.3, 0.4) is 0 Å². The van der Waals surface area contributed by atoms with Gasteiger partial charge in [0.05, 0.1) is 6.10 Å². The average molecular weight is 233 g/mol. The van der Waals surface area contributed by atoms with Gasteiger partial charge in [-0.05, 0) is 30.5 Å². The number of rotatable bonds is 7. The second-order valence-electron chi connectivity index (χ2n) is 4.25. The van der Waals surface area contributed by atoms with Crippen LogP contribution < -0.4 is 4.90 Å². The van der Waals surface area contributed by atoms with Crippen LogP contribution in [-0.4, -0.2) is 18.2 Å². The summed E-state index contributed by atoms with van der Waals surface area (Å²) in [4.78, 5) is 2.29. The lowest BCUT2D eigenvalue weighted by atomic mass is 10.1. The van der Waals surface area contributed by atoms with Crippen molar-refractivity contribution in [3.05, 3.63) is 42.5 Å². The second-order valence-corrected chi connectivity index (χ2v) is 4.25. The van der Waals surface area contributed by atoms with E-state index in [1.54, 1.807) is 0 Å². The molecule has 1 rings (SSSR count). The fourth-order valence-corrected chi connectivity index (χ4v) is 1.89. The van der Waals surface area contributed by atoms with Crippen LogP contribution in [-0.2, 0) is 0 Å². The number of hydrogen-bond acceptors (Lipinski definition) is 2. The quantitative estimate of drug-likeness (QED) is 0.728. The molecule has 1 aromatic carbocycles. The highest BCUT2D eigenvalue weighted by Crippen LogP contribution is 2.21. The fourth-order valence-electron chi connectivity index (χ4n) is 1.89. The van der Waals surface area contributed by atoms with Gasteiger partial charge in [-0.15, -0.1) is 6.58 Å². The number of aliphatic hydroxyl groups excluding tert-OH is 1. The lowest BCUT2D eigenvalue weighted by Gasteiger charge is -2.23. The second kappa shape index (κ2) is 7.13. The Hall–Kier alpha value is -1.28. The summed E-state index contributed by atoms with van der Waals surface area (Å²) in [6.45, 7) is 9.84. The molecule has 0 heterocycles. The lowest BCUT2D eigenvalue weighted by Crippen LogP contribution is -2.23. The smallest absolute Gasteiger partial charge is 0.0787 e. The zero-order valence-corrected chi connectivity index (χ0v) is 10.9. The summed E-state index contributed by atoms with van der Waals surface area (Å²) < 4.78 is 0. The van der Waals surface area contributed by atoms with Crippen molar-refractivity contribution in [2.24, 2.45) is 0 Å². The number of benzene rings is 1. The zero-order chi connectivity index (χ0) is 12.7. The molecule has 1 atom stereocenters. The molecule has 0 fully saturated rings. The Morgan fingerprint density at radius 1 is 1.29 bits per heavy atom. The predicted octanol–water partition coefficient (Wildman–Crippen LogP) is 3.53. The highest BCUT2D eigenvalue weighted by Gasteiger charge is 2.07. The van der Waals surface area contributed by atoms with E-state index >= 15 is 0 Å². The van der Waals surface area contributed by atoms with Gasteiger partial charge < -0.3 is 10.0 Å². The molecule has 0 aliphatic rings.